The van der Waals surface area contributed by atoms with E-state index in [1.54, 1.807) is 6.07 Å². The van der Waals surface area contributed by atoms with Gasteiger partial charge in [-0.15, -0.1) is 0 Å². The molecule has 1 N–H and O–H groups in total. The molecule has 1 aromatic heterocycles. The number of rotatable bonds is 4. The molecule has 2 aromatic rings. The van der Waals surface area contributed by atoms with Gasteiger partial charge in [0.25, 0.3) is 0 Å². The quantitative estimate of drug-likeness (QED) is 0.879. The minimum Gasteiger partial charge on any atom is -0.487 e. The maximum Gasteiger partial charge on any atom is 0.142 e. The van der Waals surface area contributed by atoms with Crippen molar-refractivity contribution in [2.45, 2.75) is 26.5 Å². The third-order valence-corrected chi connectivity index (χ3v) is 2.82. The van der Waals surface area contributed by atoms with Gasteiger partial charge >= 0.3 is 0 Å². The van der Waals surface area contributed by atoms with Crippen molar-refractivity contribution in [1.82, 2.24) is 9.78 Å². The number of aliphatic hydroxyl groups is 1. The molecule has 0 saturated heterocycles. The van der Waals surface area contributed by atoms with Crippen molar-refractivity contribution in [1.29, 1.82) is 0 Å². The van der Waals surface area contributed by atoms with E-state index in [0.717, 1.165) is 5.69 Å². The van der Waals surface area contributed by atoms with Crippen LogP contribution >= 0.6 is 0 Å². The standard InChI is InChI=1S/C16H17FN2O2/c1-12(2)19-8-7-14(18-19)11-21-15-6-5-13(4-3-9-20)16(17)10-15/h5-8,10,12,20H,9,11H2,1-2H3. The molecule has 2 rings (SSSR count). The molecule has 0 bridgehead atoms. The third kappa shape index (κ3) is 4.07. The Hall–Kier alpha value is -2.32. The summed E-state index contributed by atoms with van der Waals surface area (Å²) in [6.07, 6.45) is 1.89. The van der Waals surface area contributed by atoms with E-state index in [1.165, 1.54) is 12.1 Å². The zero-order valence-electron chi connectivity index (χ0n) is 12.0. The number of ether oxygens (including phenoxy) is 1. The van der Waals surface area contributed by atoms with Crippen LogP contribution < -0.4 is 4.74 Å². The SMILES string of the molecule is CC(C)n1ccc(COc2ccc(C#CCO)c(F)c2)n1. The second-order valence-corrected chi connectivity index (χ2v) is 4.77. The molecular weight excluding hydrogens is 271 g/mol. The van der Waals surface area contributed by atoms with Gasteiger partial charge in [0, 0.05) is 18.3 Å². The number of nitrogens with zero attached hydrogens (tertiary/aromatic N) is 2. The summed E-state index contributed by atoms with van der Waals surface area (Å²) in [5.74, 6) is 4.89. The molecule has 1 heterocycles. The van der Waals surface area contributed by atoms with E-state index in [9.17, 15) is 4.39 Å². The number of aliphatic hydroxyl groups excluding tert-OH is 1. The molecule has 0 aliphatic heterocycles. The summed E-state index contributed by atoms with van der Waals surface area (Å²) < 4.78 is 21.1. The summed E-state index contributed by atoms with van der Waals surface area (Å²) in [7, 11) is 0. The molecule has 0 radical (unpaired) electrons. The van der Waals surface area contributed by atoms with Crippen molar-refractivity contribution >= 4 is 0 Å². The zero-order valence-corrected chi connectivity index (χ0v) is 12.0. The Labute approximate surface area is 123 Å². The normalized spacial score (nSPS) is 10.3. The van der Waals surface area contributed by atoms with Gasteiger partial charge in [-0.05, 0) is 32.0 Å². The van der Waals surface area contributed by atoms with E-state index in [4.69, 9.17) is 9.84 Å². The highest BCUT2D eigenvalue weighted by molar-refractivity contribution is 5.39. The van der Waals surface area contributed by atoms with Gasteiger partial charge in [0.05, 0.1) is 11.3 Å². The summed E-state index contributed by atoms with van der Waals surface area (Å²) in [6, 6.07) is 6.61. The Bertz CT molecular complexity index is 668. The fourth-order valence-electron chi connectivity index (χ4n) is 1.72. The summed E-state index contributed by atoms with van der Waals surface area (Å²) >= 11 is 0. The second kappa shape index (κ2) is 6.91. The average Bonchev–Trinajstić information content (AvgIpc) is 2.93. The van der Waals surface area contributed by atoms with Gasteiger partial charge in [-0.3, -0.25) is 4.68 Å². The van der Waals surface area contributed by atoms with Gasteiger partial charge in [-0.25, -0.2) is 4.39 Å². The van der Waals surface area contributed by atoms with Crippen molar-refractivity contribution < 1.29 is 14.2 Å². The Morgan fingerprint density at radius 1 is 1.38 bits per heavy atom. The van der Waals surface area contributed by atoms with Crippen LogP contribution in [0.1, 0.15) is 31.1 Å². The van der Waals surface area contributed by atoms with Crippen LogP contribution in [0.25, 0.3) is 0 Å². The molecule has 5 heteroatoms. The number of hydrogen-bond donors (Lipinski definition) is 1. The van der Waals surface area contributed by atoms with Crippen molar-refractivity contribution in [3.8, 4) is 17.6 Å². The van der Waals surface area contributed by atoms with E-state index < -0.39 is 5.82 Å². The zero-order chi connectivity index (χ0) is 15.2. The largest absolute Gasteiger partial charge is 0.487 e. The Kier molecular flexibility index (Phi) is 4.96. The molecule has 110 valence electrons. The molecule has 0 fully saturated rings. The molecule has 1 aromatic carbocycles. The maximum atomic E-state index is 13.7. The molecule has 0 aliphatic carbocycles. The number of hydrogen-bond acceptors (Lipinski definition) is 3. The number of aromatic nitrogens is 2. The van der Waals surface area contributed by atoms with E-state index in [-0.39, 0.29) is 18.8 Å². The lowest BCUT2D eigenvalue weighted by Crippen LogP contribution is -2.03. The average molecular weight is 288 g/mol. The fraction of sp³-hybridized carbons (Fsp3) is 0.312. The lowest BCUT2D eigenvalue weighted by molar-refractivity contribution is 0.297. The van der Waals surface area contributed by atoms with Crippen LogP contribution in [0, 0.1) is 17.7 Å². The highest BCUT2D eigenvalue weighted by atomic mass is 19.1. The number of benzene rings is 1. The van der Waals surface area contributed by atoms with E-state index >= 15 is 0 Å². The lowest BCUT2D eigenvalue weighted by atomic mass is 10.2. The highest BCUT2D eigenvalue weighted by Crippen LogP contribution is 2.17. The minimum atomic E-state index is -0.471. The smallest absolute Gasteiger partial charge is 0.142 e. The van der Waals surface area contributed by atoms with Crippen molar-refractivity contribution in [2.24, 2.45) is 0 Å². The first-order valence-electron chi connectivity index (χ1n) is 6.66. The van der Waals surface area contributed by atoms with Gasteiger partial charge in [0.15, 0.2) is 0 Å². The van der Waals surface area contributed by atoms with Crippen LogP contribution in [-0.2, 0) is 6.61 Å². The van der Waals surface area contributed by atoms with Crippen LogP contribution in [0.5, 0.6) is 5.75 Å². The fourth-order valence-corrected chi connectivity index (χ4v) is 1.72. The summed E-state index contributed by atoms with van der Waals surface area (Å²) in [6.45, 7) is 4.06. The van der Waals surface area contributed by atoms with Crippen LogP contribution in [0.4, 0.5) is 4.39 Å². The molecule has 0 atom stereocenters. The first kappa shape index (κ1) is 15.1. The van der Waals surface area contributed by atoms with Gasteiger partial charge < -0.3 is 9.84 Å². The first-order valence-corrected chi connectivity index (χ1v) is 6.66. The van der Waals surface area contributed by atoms with E-state index in [0.29, 0.717) is 11.8 Å². The number of halogens is 1. The first-order chi connectivity index (χ1) is 10.1. The topological polar surface area (TPSA) is 47.3 Å². The van der Waals surface area contributed by atoms with Crippen molar-refractivity contribution in [3.05, 3.63) is 47.5 Å². The summed E-state index contributed by atoms with van der Waals surface area (Å²) in [5.41, 5.74) is 1.02. The van der Waals surface area contributed by atoms with Gasteiger partial charge in [-0.2, -0.15) is 5.10 Å². The minimum absolute atomic E-state index is 0.237. The van der Waals surface area contributed by atoms with Crippen molar-refractivity contribution in [3.63, 3.8) is 0 Å². The Morgan fingerprint density at radius 3 is 2.81 bits per heavy atom. The summed E-state index contributed by atoms with van der Waals surface area (Å²) in [5, 5.41) is 12.9. The monoisotopic (exact) mass is 288 g/mol. The Morgan fingerprint density at radius 2 is 2.19 bits per heavy atom. The van der Waals surface area contributed by atoms with E-state index in [1.807, 2.05) is 30.8 Å². The maximum absolute atomic E-state index is 13.7. The van der Waals surface area contributed by atoms with Crippen LogP contribution in [0.3, 0.4) is 0 Å². The molecule has 4 nitrogen and oxygen atoms in total. The lowest BCUT2D eigenvalue weighted by Gasteiger charge is -2.06. The third-order valence-electron chi connectivity index (χ3n) is 2.82. The second-order valence-electron chi connectivity index (χ2n) is 4.77. The Balaban J connectivity index is 2.01. The molecule has 0 spiro atoms. The van der Waals surface area contributed by atoms with Gasteiger partial charge in [0.2, 0.25) is 0 Å². The predicted octanol–water partition coefficient (Wildman–Crippen LogP) is 2.53. The van der Waals surface area contributed by atoms with E-state index in [2.05, 4.69) is 16.9 Å². The van der Waals surface area contributed by atoms with Gasteiger partial charge in [-0.1, -0.05) is 11.8 Å². The molecule has 0 unspecified atom stereocenters. The highest BCUT2D eigenvalue weighted by Gasteiger charge is 2.05. The molecule has 21 heavy (non-hydrogen) atoms. The van der Waals surface area contributed by atoms with Gasteiger partial charge in [0.1, 0.15) is 24.8 Å². The molecule has 0 saturated carbocycles. The van der Waals surface area contributed by atoms with Crippen LogP contribution in [-0.4, -0.2) is 21.5 Å². The molecule has 0 aliphatic rings. The summed E-state index contributed by atoms with van der Waals surface area (Å²) in [4.78, 5) is 0. The molecular formula is C16H17FN2O2. The van der Waals surface area contributed by atoms with Crippen molar-refractivity contribution in [2.75, 3.05) is 6.61 Å². The predicted molar refractivity (Wildman–Crippen MR) is 77.3 cm³/mol. The van der Waals surface area contributed by atoms with Crippen LogP contribution in [0.2, 0.25) is 0 Å². The van der Waals surface area contributed by atoms with Crippen LogP contribution in [0.15, 0.2) is 30.5 Å². The molecule has 0 amide bonds.